The third-order valence-electron chi connectivity index (χ3n) is 3.49. The molecule has 8 nitrogen and oxygen atoms in total. The van der Waals surface area contributed by atoms with E-state index in [0.717, 1.165) is 4.90 Å². The first-order valence-electron chi connectivity index (χ1n) is 7.78. The van der Waals surface area contributed by atoms with Crippen molar-refractivity contribution in [2.75, 3.05) is 26.2 Å². The molecule has 1 heterocycles. The van der Waals surface area contributed by atoms with Gasteiger partial charge in [-0.1, -0.05) is 24.8 Å². The van der Waals surface area contributed by atoms with Crippen LogP contribution in [-0.2, 0) is 9.53 Å². The van der Waals surface area contributed by atoms with Crippen LogP contribution in [0.3, 0.4) is 0 Å². The lowest BCUT2D eigenvalue weighted by atomic mass is 10.1. The summed E-state index contributed by atoms with van der Waals surface area (Å²) in [6.07, 6.45) is 0.840. The van der Waals surface area contributed by atoms with Crippen LogP contribution in [0.25, 0.3) is 0 Å². The average Bonchev–Trinajstić information content (AvgIpc) is 2.86. The summed E-state index contributed by atoms with van der Waals surface area (Å²) in [5.74, 6) is -1.10. The highest BCUT2D eigenvalue weighted by atomic mass is 16.5. The number of rotatable bonds is 8. The molecule has 0 bridgehead atoms. The Morgan fingerprint density at radius 3 is 2.28 bits per heavy atom. The van der Waals surface area contributed by atoms with E-state index < -0.39 is 6.09 Å². The lowest BCUT2D eigenvalue weighted by Gasteiger charge is -2.13. The second-order valence-corrected chi connectivity index (χ2v) is 5.22. The van der Waals surface area contributed by atoms with E-state index >= 15 is 0 Å². The van der Waals surface area contributed by atoms with E-state index in [1.165, 1.54) is 6.08 Å². The molecule has 1 aromatic rings. The van der Waals surface area contributed by atoms with Crippen LogP contribution >= 0.6 is 0 Å². The number of nitrogens with one attached hydrogen (secondary N) is 2. The van der Waals surface area contributed by atoms with Gasteiger partial charge in [-0.25, -0.2) is 4.79 Å². The van der Waals surface area contributed by atoms with Crippen molar-refractivity contribution in [2.24, 2.45) is 0 Å². The predicted octanol–water partition coefficient (Wildman–Crippen LogP) is 0.701. The quantitative estimate of drug-likeness (QED) is 0.410. The van der Waals surface area contributed by atoms with Crippen molar-refractivity contribution in [3.63, 3.8) is 0 Å². The zero-order valence-electron chi connectivity index (χ0n) is 13.6. The van der Waals surface area contributed by atoms with Crippen molar-refractivity contribution in [1.29, 1.82) is 0 Å². The van der Waals surface area contributed by atoms with Gasteiger partial charge in [-0.2, -0.15) is 0 Å². The molecule has 1 aromatic carbocycles. The van der Waals surface area contributed by atoms with Crippen molar-refractivity contribution in [3.8, 4) is 0 Å². The molecule has 0 aliphatic carbocycles. The molecule has 0 saturated carbocycles. The first kappa shape index (κ1) is 18.2. The number of amides is 4. The molecule has 0 atom stereocenters. The van der Waals surface area contributed by atoms with Crippen molar-refractivity contribution < 1.29 is 23.9 Å². The molecule has 1 aliphatic heterocycles. The van der Waals surface area contributed by atoms with Crippen LogP contribution < -0.4 is 10.6 Å². The van der Waals surface area contributed by atoms with Gasteiger partial charge in [-0.3, -0.25) is 19.3 Å². The summed E-state index contributed by atoms with van der Waals surface area (Å²) in [6, 6.07) is 6.56. The highest BCUT2D eigenvalue weighted by Crippen LogP contribution is 2.22. The maximum Gasteiger partial charge on any atom is 0.407 e. The number of benzene rings is 1. The van der Waals surface area contributed by atoms with E-state index in [4.69, 9.17) is 4.74 Å². The Hall–Kier alpha value is -3.16. The summed E-state index contributed by atoms with van der Waals surface area (Å²) in [7, 11) is 0. The van der Waals surface area contributed by atoms with E-state index in [1.54, 1.807) is 24.3 Å². The van der Waals surface area contributed by atoms with E-state index in [1.807, 2.05) is 0 Å². The highest BCUT2D eigenvalue weighted by molar-refractivity contribution is 6.21. The van der Waals surface area contributed by atoms with E-state index in [9.17, 15) is 19.2 Å². The van der Waals surface area contributed by atoms with Gasteiger partial charge in [0.1, 0.15) is 6.61 Å². The lowest BCUT2D eigenvalue weighted by Crippen LogP contribution is -2.37. The van der Waals surface area contributed by atoms with Crippen LogP contribution in [0.1, 0.15) is 27.1 Å². The first-order chi connectivity index (χ1) is 12.0. The molecule has 4 amide bonds. The molecule has 2 N–H and O–H groups in total. The molecule has 2 rings (SSSR count). The van der Waals surface area contributed by atoms with Crippen molar-refractivity contribution in [3.05, 3.63) is 48.0 Å². The van der Waals surface area contributed by atoms with E-state index in [-0.39, 0.29) is 50.4 Å². The number of fused-ring (bicyclic) bond motifs is 1. The largest absolute Gasteiger partial charge is 0.445 e. The number of hydrogen-bond acceptors (Lipinski definition) is 5. The number of nitrogens with zero attached hydrogens (tertiary/aromatic N) is 1. The molecule has 0 saturated heterocycles. The van der Waals surface area contributed by atoms with Gasteiger partial charge in [0.05, 0.1) is 11.1 Å². The molecule has 0 aromatic heterocycles. The Balaban J connectivity index is 1.69. The Labute approximate surface area is 144 Å². The molecule has 1 aliphatic rings. The number of ether oxygens (including phenoxy) is 1. The zero-order chi connectivity index (χ0) is 18.2. The summed E-state index contributed by atoms with van der Waals surface area (Å²) in [4.78, 5) is 48.3. The number of carbonyl (C=O) groups excluding carboxylic acids is 4. The lowest BCUT2D eigenvalue weighted by molar-refractivity contribution is -0.121. The van der Waals surface area contributed by atoms with Crippen LogP contribution in [0.2, 0.25) is 0 Å². The van der Waals surface area contributed by atoms with E-state index in [2.05, 4.69) is 17.2 Å². The molecular weight excluding hydrogens is 326 g/mol. The predicted molar refractivity (Wildman–Crippen MR) is 89.0 cm³/mol. The fourth-order valence-corrected chi connectivity index (χ4v) is 2.30. The van der Waals surface area contributed by atoms with Crippen LogP contribution in [0.15, 0.2) is 36.9 Å². The standard InChI is InChI=1S/C17H19N3O5/c1-2-11-25-17(24)19-9-8-18-14(21)7-10-20-15(22)12-5-3-4-6-13(12)16(20)23/h2-6H,1,7-11H2,(H,18,21)(H,19,24). The Morgan fingerprint density at radius 2 is 1.68 bits per heavy atom. The van der Waals surface area contributed by atoms with Gasteiger partial charge in [-0.15, -0.1) is 0 Å². The summed E-state index contributed by atoms with van der Waals surface area (Å²) >= 11 is 0. The van der Waals surface area contributed by atoms with Crippen LogP contribution in [0.4, 0.5) is 4.79 Å². The van der Waals surface area contributed by atoms with Crippen LogP contribution in [0, 0.1) is 0 Å². The van der Waals surface area contributed by atoms with Gasteiger partial charge in [0, 0.05) is 26.1 Å². The SMILES string of the molecule is C=CCOC(=O)NCCNC(=O)CCN1C(=O)c2ccccc2C1=O. The van der Waals surface area contributed by atoms with Gasteiger partial charge in [0.2, 0.25) is 5.91 Å². The minimum Gasteiger partial charge on any atom is -0.445 e. The molecular formula is C17H19N3O5. The number of imide groups is 1. The first-order valence-corrected chi connectivity index (χ1v) is 7.78. The Kier molecular flexibility index (Phi) is 6.27. The smallest absolute Gasteiger partial charge is 0.407 e. The average molecular weight is 345 g/mol. The maximum atomic E-state index is 12.1. The van der Waals surface area contributed by atoms with Gasteiger partial charge in [0.15, 0.2) is 0 Å². The highest BCUT2D eigenvalue weighted by Gasteiger charge is 2.34. The minimum absolute atomic E-state index is 0.00693. The van der Waals surface area contributed by atoms with Crippen molar-refractivity contribution in [1.82, 2.24) is 15.5 Å². The monoisotopic (exact) mass is 345 g/mol. The third-order valence-corrected chi connectivity index (χ3v) is 3.49. The summed E-state index contributed by atoms with van der Waals surface area (Å²) in [5, 5.41) is 5.04. The topological polar surface area (TPSA) is 105 Å². The zero-order valence-corrected chi connectivity index (χ0v) is 13.6. The molecule has 25 heavy (non-hydrogen) atoms. The minimum atomic E-state index is -0.597. The maximum absolute atomic E-state index is 12.1. The summed E-state index contributed by atoms with van der Waals surface area (Å²) < 4.78 is 4.71. The normalized spacial score (nSPS) is 12.6. The fraction of sp³-hybridized carbons (Fsp3) is 0.294. The molecule has 0 spiro atoms. The molecule has 132 valence electrons. The second kappa shape index (κ2) is 8.62. The third kappa shape index (κ3) is 4.66. The molecule has 0 unspecified atom stereocenters. The van der Waals surface area contributed by atoms with Gasteiger partial charge < -0.3 is 15.4 Å². The number of hydrogen-bond donors (Lipinski definition) is 2. The fourth-order valence-electron chi connectivity index (χ4n) is 2.30. The van der Waals surface area contributed by atoms with Gasteiger partial charge in [-0.05, 0) is 12.1 Å². The summed E-state index contributed by atoms with van der Waals surface area (Å²) in [6.45, 7) is 3.95. The van der Waals surface area contributed by atoms with Crippen LogP contribution in [0.5, 0.6) is 0 Å². The van der Waals surface area contributed by atoms with Crippen molar-refractivity contribution in [2.45, 2.75) is 6.42 Å². The Morgan fingerprint density at radius 1 is 1.08 bits per heavy atom. The van der Waals surface area contributed by atoms with Gasteiger partial charge >= 0.3 is 6.09 Å². The van der Waals surface area contributed by atoms with Crippen molar-refractivity contribution >= 4 is 23.8 Å². The summed E-state index contributed by atoms with van der Waals surface area (Å²) in [5.41, 5.74) is 0.713. The molecule has 0 radical (unpaired) electrons. The molecule has 8 heteroatoms. The van der Waals surface area contributed by atoms with Gasteiger partial charge in [0.25, 0.3) is 11.8 Å². The number of alkyl carbamates (subject to hydrolysis) is 1. The molecule has 0 fully saturated rings. The number of carbonyl (C=O) groups is 4. The van der Waals surface area contributed by atoms with Crippen LogP contribution in [-0.4, -0.2) is 55.0 Å². The second-order valence-electron chi connectivity index (χ2n) is 5.22. The van der Waals surface area contributed by atoms with E-state index in [0.29, 0.717) is 11.1 Å². The Bertz CT molecular complexity index is 666.